The molecule has 3 amide bonds. The van der Waals surface area contributed by atoms with Gasteiger partial charge in [-0.2, -0.15) is 0 Å². The average molecular weight is 381 g/mol. The highest BCUT2D eigenvalue weighted by atomic mass is 16.5. The highest BCUT2D eigenvalue weighted by Gasteiger charge is 2.35. The molecule has 0 spiro atoms. The maximum absolute atomic E-state index is 12.5. The van der Waals surface area contributed by atoms with Crippen LogP contribution in [0.5, 0.6) is 0 Å². The number of esters is 1. The van der Waals surface area contributed by atoms with Gasteiger partial charge in [0.1, 0.15) is 12.2 Å². The van der Waals surface area contributed by atoms with Gasteiger partial charge < -0.3 is 14.6 Å². The van der Waals surface area contributed by atoms with Crippen LogP contribution in [0.4, 0.5) is 4.79 Å². The number of hydrogen-bond acceptors (Lipinski definition) is 4. The first-order chi connectivity index (χ1) is 13.2. The van der Waals surface area contributed by atoms with Crippen LogP contribution >= 0.6 is 0 Å². The number of nitrogens with one attached hydrogen (secondary N) is 1. The highest BCUT2D eigenvalue weighted by molar-refractivity contribution is 6.15. The molecule has 1 aliphatic heterocycles. The van der Waals surface area contributed by atoms with E-state index in [-0.39, 0.29) is 5.70 Å². The second-order valence-electron chi connectivity index (χ2n) is 6.96. The molecule has 3 rings (SSSR count). The second kappa shape index (κ2) is 7.34. The van der Waals surface area contributed by atoms with E-state index >= 15 is 0 Å². The Morgan fingerprint density at radius 1 is 1.07 bits per heavy atom. The molecule has 7 nitrogen and oxygen atoms in total. The molecule has 1 aromatic heterocycles. The molecule has 1 N–H and O–H groups in total. The molecule has 2 aromatic rings. The Labute approximate surface area is 163 Å². The fraction of sp³-hybridized carbons (Fsp3) is 0.286. The van der Waals surface area contributed by atoms with Crippen molar-refractivity contribution >= 4 is 24.0 Å². The molecule has 1 aliphatic rings. The number of nitrogens with zero attached hydrogens (tertiary/aromatic N) is 2. The summed E-state index contributed by atoms with van der Waals surface area (Å²) in [7, 11) is 1.21. The van der Waals surface area contributed by atoms with Gasteiger partial charge in [0.15, 0.2) is 0 Å². The van der Waals surface area contributed by atoms with Crippen LogP contribution in [-0.4, -0.2) is 41.0 Å². The van der Waals surface area contributed by atoms with Crippen molar-refractivity contribution in [1.82, 2.24) is 14.8 Å². The zero-order chi connectivity index (χ0) is 20.6. The average Bonchev–Trinajstić information content (AvgIpc) is 3.04. The summed E-state index contributed by atoms with van der Waals surface area (Å²) < 4.78 is 6.64. The summed E-state index contributed by atoms with van der Waals surface area (Å²) in [4.78, 5) is 36.8. The molecule has 0 aliphatic carbocycles. The number of urea groups is 1. The van der Waals surface area contributed by atoms with Crippen LogP contribution in [0.25, 0.3) is 11.8 Å². The molecule has 28 heavy (non-hydrogen) atoms. The van der Waals surface area contributed by atoms with Crippen LogP contribution in [0, 0.1) is 27.7 Å². The Hall–Kier alpha value is -3.35. The zero-order valence-corrected chi connectivity index (χ0v) is 16.6. The smallest absolute Gasteiger partial charge is 0.329 e. The van der Waals surface area contributed by atoms with Crippen molar-refractivity contribution in [2.75, 3.05) is 13.7 Å². The number of rotatable bonds is 4. The van der Waals surface area contributed by atoms with E-state index in [0.29, 0.717) is 0 Å². The van der Waals surface area contributed by atoms with Crippen molar-refractivity contribution < 1.29 is 19.1 Å². The lowest BCUT2D eigenvalue weighted by atomic mass is 10.1. The minimum atomic E-state index is -0.655. The first-order valence-corrected chi connectivity index (χ1v) is 8.90. The molecule has 1 saturated heterocycles. The Morgan fingerprint density at radius 2 is 1.71 bits per heavy atom. The van der Waals surface area contributed by atoms with Crippen LogP contribution < -0.4 is 5.32 Å². The largest absolute Gasteiger partial charge is 0.468 e. The minimum Gasteiger partial charge on any atom is -0.468 e. The van der Waals surface area contributed by atoms with E-state index in [1.807, 2.05) is 19.9 Å². The standard InChI is InChI=1S/C21H23N3O4/c1-12-6-13(2)8-17(7-12)24-14(3)9-16(15(24)4)10-18-20(26)23(21(27)22-18)11-19(25)28-5/h6-10H,11H2,1-5H3,(H,22,27)/b18-10+. The van der Waals surface area contributed by atoms with E-state index in [1.165, 1.54) is 18.2 Å². The van der Waals surface area contributed by atoms with E-state index in [9.17, 15) is 14.4 Å². The van der Waals surface area contributed by atoms with Gasteiger partial charge in [0.25, 0.3) is 5.91 Å². The summed E-state index contributed by atoms with van der Waals surface area (Å²) in [6.45, 7) is 7.64. The van der Waals surface area contributed by atoms with Crippen LogP contribution in [0.1, 0.15) is 28.1 Å². The topological polar surface area (TPSA) is 80.6 Å². The first-order valence-electron chi connectivity index (χ1n) is 8.90. The number of ether oxygens (including phenoxy) is 1. The van der Waals surface area contributed by atoms with Crippen molar-refractivity contribution in [2.24, 2.45) is 0 Å². The minimum absolute atomic E-state index is 0.134. The normalized spacial score (nSPS) is 15.3. The van der Waals surface area contributed by atoms with Crippen LogP contribution in [0.3, 0.4) is 0 Å². The van der Waals surface area contributed by atoms with Gasteiger partial charge in [-0.3, -0.25) is 9.59 Å². The molecule has 2 heterocycles. The number of aryl methyl sites for hydroxylation is 3. The molecule has 1 aromatic carbocycles. The molecule has 146 valence electrons. The highest BCUT2D eigenvalue weighted by Crippen LogP contribution is 2.25. The Bertz CT molecular complexity index is 997. The van der Waals surface area contributed by atoms with Gasteiger partial charge in [-0.1, -0.05) is 6.07 Å². The molecular weight excluding hydrogens is 358 g/mol. The van der Waals surface area contributed by atoms with E-state index in [4.69, 9.17) is 0 Å². The number of hydrogen-bond donors (Lipinski definition) is 1. The quantitative estimate of drug-likeness (QED) is 0.502. The molecule has 7 heteroatoms. The van der Waals surface area contributed by atoms with E-state index in [0.717, 1.165) is 27.5 Å². The monoisotopic (exact) mass is 381 g/mol. The molecular formula is C21H23N3O4. The summed E-state index contributed by atoms with van der Waals surface area (Å²) in [6, 6.07) is 7.64. The first kappa shape index (κ1) is 19.4. The number of carbonyl (C=O) groups is 3. The van der Waals surface area contributed by atoms with E-state index in [1.54, 1.807) is 6.08 Å². The van der Waals surface area contributed by atoms with Crippen LogP contribution in [0.15, 0.2) is 30.0 Å². The molecule has 0 radical (unpaired) electrons. The third-order valence-electron chi connectivity index (χ3n) is 4.71. The summed E-state index contributed by atoms with van der Waals surface area (Å²) >= 11 is 0. The van der Waals surface area contributed by atoms with Crippen molar-refractivity contribution in [3.8, 4) is 5.69 Å². The second-order valence-corrected chi connectivity index (χ2v) is 6.96. The predicted molar refractivity (Wildman–Crippen MR) is 105 cm³/mol. The molecule has 0 atom stereocenters. The zero-order valence-electron chi connectivity index (χ0n) is 16.6. The van der Waals surface area contributed by atoms with Gasteiger partial charge in [-0.15, -0.1) is 0 Å². The molecule has 1 fully saturated rings. The van der Waals surface area contributed by atoms with E-state index < -0.39 is 24.5 Å². The maximum Gasteiger partial charge on any atom is 0.329 e. The number of imide groups is 1. The van der Waals surface area contributed by atoms with Crippen LogP contribution in [0.2, 0.25) is 0 Å². The van der Waals surface area contributed by atoms with Gasteiger partial charge in [0.05, 0.1) is 7.11 Å². The number of amides is 3. The van der Waals surface area contributed by atoms with Gasteiger partial charge in [-0.25, -0.2) is 9.69 Å². The predicted octanol–water partition coefficient (Wildman–Crippen LogP) is 2.78. The lowest BCUT2D eigenvalue weighted by Gasteiger charge is -2.12. The fourth-order valence-electron chi connectivity index (χ4n) is 3.48. The van der Waals surface area contributed by atoms with Crippen molar-refractivity contribution in [3.05, 3.63) is 58.0 Å². The van der Waals surface area contributed by atoms with Crippen LogP contribution in [-0.2, 0) is 14.3 Å². The lowest BCUT2D eigenvalue weighted by Crippen LogP contribution is -2.36. The Balaban J connectivity index is 1.97. The van der Waals surface area contributed by atoms with E-state index in [2.05, 4.69) is 46.7 Å². The molecule has 0 saturated carbocycles. The maximum atomic E-state index is 12.5. The van der Waals surface area contributed by atoms with Crippen molar-refractivity contribution in [1.29, 1.82) is 0 Å². The Kier molecular flexibility index (Phi) is 5.09. The molecule has 0 bridgehead atoms. The van der Waals surface area contributed by atoms with Gasteiger partial charge in [0.2, 0.25) is 0 Å². The fourth-order valence-corrected chi connectivity index (χ4v) is 3.48. The Morgan fingerprint density at radius 3 is 2.32 bits per heavy atom. The summed E-state index contributed by atoms with van der Waals surface area (Å²) in [6.07, 6.45) is 1.64. The number of benzene rings is 1. The number of aromatic nitrogens is 1. The van der Waals surface area contributed by atoms with Crippen molar-refractivity contribution in [3.63, 3.8) is 0 Å². The SMILES string of the molecule is COC(=O)CN1C(=O)N/C(=C/c2cc(C)n(-c3cc(C)cc(C)c3)c2C)C1=O. The van der Waals surface area contributed by atoms with Gasteiger partial charge in [0, 0.05) is 17.1 Å². The molecule has 0 unspecified atom stereocenters. The summed E-state index contributed by atoms with van der Waals surface area (Å²) in [5, 5.41) is 2.53. The third kappa shape index (κ3) is 3.55. The van der Waals surface area contributed by atoms with Gasteiger partial charge >= 0.3 is 12.0 Å². The lowest BCUT2D eigenvalue weighted by molar-refractivity contribution is -0.143. The van der Waals surface area contributed by atoms with Gasteiger partial charge in [-0.05, 0) is 68.7 Å². The van der Waals surface area contributed by atoms with Crippen molar-refractivity contribution in [2.45, 2.75) is 27.7 Å². The number of methoxy groups -OCH3 is 1. The summed E-state index contributed by atoms with van der Waals surface area (Å²) in [5.41, 5.74) is 6.29. The third-order valence-corrected chi connectivity index (χ3v) is 4.71. The number of carbonyl (C=O) groups excluding carboxylic acids is 3. The summed E-state index contributed by atoms with van der Waals surface area (Å²) in [5.74, 6) is -1.20.